The second-order valence-corrected chi connectivity index (χ2v) is 4.51. The molecule has 5 nitrogen and oxygen atoms in total. The van der Waals surface area contributed by atoms with Gasteiger partial charge in [-0.1, -0.05) is 11.6 Å². The molecular weight excluding hydrogens is 270 g/mol. The van der Waals surface area contributed by atoms with Crippen LogP contribution in [0, 0.1) is 0 Å². The minimum Gasteiger partial charge on any atom is -0.495 e. The Morgan fingerprint density at radius 3 is 2.74 bits per heavy atom. The molecule has 1 atom stereocenters. The molecule has 1 aromatic heterocycles. The predicted molar refractivity (Wildman–Crippen MR) is 72.1 cm³/mol. The van der Waals surface area contributed by atoms with Crippen molar-refractivity contribution < 1.29 is 14.6 Å². The van der Waals surface area contributed by atoms with Crippen LogP contribution in [0.2, 0.25) is 5.02 Å². The van der Waals surface area contributed by atoms with Gasteiger partial charge in [0.15, 0.2) is 5.43 Å². The summed E-state index contributed by atoms with van der Waals surface area (Å²) in [4.78, 5) is 22.9. The maximum absolute atomic E-state index is 11.8. The molecule has 0 bridgehead atoms. The molecule has 0 unspecified atom stereocenters. The van der Waals surface area contributed by atoms with Crippen molar-refractivity contribution in [2.45, 2.75) is 13.0 Å². The highest BCUT2D eigenvalue weighted by Gasteiger charge is 2.16. The van der Waals surface area contributed by atoms with E-state index in [9.17, 15) is 9.59 Å². The zero-order valence-corrected chi connectivity index (χ0v) is 11.1. The van der Waals surface area contributed by atoms with Gasteiger partial charge in [0.1, 0.15) is 11.8 Å². The second-order valence-electron chi connectivity index (χ2n) is 4.11. The molecule has 0 fully saturated rings. The molecule has 1 N–H and O–H groups in total. The smallest absolute Gasteiger partial charge is 0.326 e. The molecule has 0 amide bonds. The van der Waals surface area contributed by atoms with E-state index in [2.05, 4.69) is 0 Å². The van der Waals surface area contributed by atoms with Gasteiger partial charge in [-0.05, 0) is 19.1 Å². The average Bonchev–Trinajstić information content (AvgIpc) is 2.38. The molecule has 0 radical (unpaired) electrons. The molecule has 0 aliphatic rings. The van der Waals surface area contributed by atoms with E-state index in [-0.39, 0.29) is 5.43 Å². The van der Waals surface area contributed by atoms with Crippen LogP contribution in [-0.4, -0.2) is 22.8 Å². The minimum absolute atomic E-state index is 0.209. The van der Waals surface area contributed by atoms with Crippen LogP contribution in [0.15, 0.2) is 29.2 Å². The van der Waals surface area contributed by atoms with Gasteiger partial charge in [-0.2, -0.15) is 0 Å². The van der Waals surface area contributed by atoms with Crippen LogP contribution < -0.4 is 10.2 Å². The van der Waals surface area contributed by atoms with Gasteiger partial charge in [-0.3, -0.25) is 4.79 Å². The first kappa shape index (κ1) is 13.4. The summed E-state index contributed by atoms with van der Waals surface area (Å²) < 4.78 is 6.55. The van der Waals surface area contributed by atoms with E-state index < -0.39 is 12.0 Å². The Balaban J connectivity index is 2.82. The number of carbonyl (C=O) groups is 1. The maximum Gasteiger partial charge on any atom is 0.326 e. The third-order valence-electron chi connectivity index (χ3n) is 2.97. The number of nitrogens with zero attached hydrogens (tertiary/aromatic N) is 1. The number of methoxy groups -OCH3 is 1. The Labute approximate surface area is 114 Å². The maximum atomic E-state index is 11.8. The van der Waals surface area contributed by atoms with Crippen molar-refractivity contribution in [2.24, 2.45) is 0 Å². The van der Waals surface area contributed by atoms with Gasteiger partial charge in [0, 0.05) is 17.6 Å². The third kappa shape index (κ3) is 2.29. The van der Waals surface area contributed by atoms with E-state index in [0.717, 1.165) is 0 Å². The summed E-state index contributed by atoms with van der Waals surface area (Å²) in [5.74, 6) is -0.608. The van der Waals surface area contributed by atoms with E-state index in [0.29, 0.717) is 21.7 Å². The van der Waals surface area contributed by atoms with Gasteiger partial charge in [-0.25, -0.2) is 4.79 Å². The Morgan fingerprint density at radius 2 is 2.16 bits per heavy atom. The predicted octanol–water partition coefficient (Wildman–Crippen LogP) is 2.31. The highest BCUT2D eigenvalue weighted by atomic mass is 35.5. The van der Waals surface area contributed by atoms with Crippen LogP contribution in [0.3, 0.4) is 0 Å². The molecule has 0 spiro atoms. The highest BCUT2D eigenvalue weighted by Crippen LogP contribution is 2.29. The largest absolute Gasteiger partial charge is 0.495 e. The summed E-state index contributed by atoms with van der Waals surface area (Å²) in [6, 6.07) is 3.59. The van der Waals surface area contributed by atoms with E-state index in [1.54, 1.807) is 0 Å². The van der Waals surface area contributed by atoms with Gasteiger partial charge in [0.2, 0.25) is 0 Å². The SMILES string of the molecule is COc1cc2c(=O)ccn([C@@H](C)C(=O)O)c2cc1Cl. The van der Waals surface area contributed by atoms with Crippen LogP contribution in [0.25, 0.3) is 10.9 Å². The van der Waals surface area contributed by atoms with Gasteiger partial charge in [0.05, 0.1) is 17.6 Å². The highest BCUT2D eigenvalue weighted by molar-refractivity contribution is 6.32. The number of hydrogen-bond donors (Lipinski definition) is 1. The third-order valence-corrected chi connectivity index (χ3v) is 3.27. The van der Waals surface area contributed by atoms with Gasteiger partial charge < -0.3 is 14.4 Å². The molecule has 0 aliphatic heterocycles. The number of rotatable bonds is 3. The summed E-state index contributed by atoms with van der Waals surface area (Å²) in [5, 5.41) is 9.78. The van der Waals surface area contributed by atoms with Crippen molar-refractivity contribution in [3.63, 3.8) is 0 Å². The fraction of sp³-hybridized carbons (Fsp3) is 0.231. The summed E-state index contributed by atoms with van der Waals surface area (Å²) >= 11 is 6.02. The van der Waals surface area contributed by atoms with Gasteiger partial charge in [-0.15, -0.1) is 0 Å². The fourth-order valence-electron chi connectivity index (χ4n) is 1.89. The van der Waals surface area contributed by atoms with Crippen LogP contribution in [0.5, 0.6) is 5.75 Å². The van der Waals surface area contributed by atoms with Crippen LogP contribution in [0.1, 0.15) is 13.0 Å². The van der Waals surface area contributed by atoms with Crippen molar-refractivity contribution in [3.05, 3.63) is 39.6 Å². The Hall–Kier alpha value is -2.01. The fourth-order valence-corrected chi connectivity index (χ4v) is 2.12. The molecule has 2 rings (SSSR count). The second kappa shape index (κ2) is 4.93. The van der Waals surface area contributed by atoms with Gasteiger partial charge in [0.25, 0.3) is 0 Å². The summed E-state index contributed by atoms with van der Waals surface area (Å²) in [6.45, 7) is 1.53. The molecular formula is C13H12ClNO4. The average molecular weight is 282 g/mol. The van der Waals surface area contributed by atoms with Crippen LogP contribution >= 0.6 is 11.6 Å². The number of ether oxygens (including phenoxy) is 1. The summed E-state index contributed by atoms with van der Waals surface area (Å²) in [7, 11) is 1.45. The number of aliphatic carboxylic acids is 1. The lowest BCUT2D eigenvalue weighted by molar-refractivity contribution is -0.140. The quantitative estimate of drug-likeness (QED) is 0.937. The van der Waals surface area contributed by atoms with Gasteiger partial charge >= 0.3 is 5.97 Å². The number of halogens is 1. The standard InChI is InChI=1S/C13H12ClNO4/c1-7(13(17)18)15-4-3-11(16)8-5-12(19-2)9(14)6-10(8)15/h3-7H,1-2H3,(H,17,18)/t7-/m0/s1. The number of pyridine rings is 1. The van der Waals surface area contributed by atoms with Crippen molar-refractivity contribution in [1.82, 2.24) is 4.57 Å². The number of benzene rings is 1. The summed E-state index contributed by atoms with van der Waals surface area (Å²) in [6.07, 6.45) is 1.45. The van der Waals surface area contributed by atoms with Crippen LogP contribution in [0.4, 0.5) is 0 Å². The van der Waals surface area contributed by atoms with Crippen molar-refractivity contribution >= 4 is 28.5 Å². The lowest BCUT2D eigenvalue weighted by Gasteiger charge is -2.15. The van der Waals surface area contributed by atoms with Crippen LogP contribution in [-0.2, 0) is 4.79 Å². The summed E-state index contributed by atoms with van der Waals surface area (Å²) in [5.41, 5.74) is 0.256. The molecule has 100 valence electrons. The van der Waals surface area contributed by atoms with E-state index in [1.807, 2.05) is 0 Å². The van der Waals surface area contributed by atoms with E-state index >= 15 is 0 Å². The molecule has 2 aromatic rings. The Morgan fingerprint density at radius 1 is 1.47 bits per heavy atom. The number of fused-ring (bicyclic) bond motifs is 1. The lowest BCUT2D eigenvalue weighted by Crippen LogP contribution is -2.18. The molecule has 6 heteroatoms. The number of hydrogen-bond acceptors (Lipinski definition) is 3. The number of carboxylic acid groups (broad SMARTS) is 1. The first-order chi connectivity index (χ1) is 8.95. The Bertz CT molecular complexity index is 708. The minimum atomic E-state index is -0.989. The monoisotopic (exact) mass is 281 g/mol. The normalized spacial score (nSPS) is 12.4. The van der Waals surface area contributed by atoms with E-state index in [4.69, 9.17) is 21.4 Å². The first-order valence-corrected chi connectivity index (χ1v) is 5.94. The topological polar surface area (TPSA) is 68.5 Å². The van der Waals surface area contributed by atoms with Crippen molar-refractivity contribution in [2.75, 3.05) is 7.11 Å². The van der Waals surface area contributed by atoms with E-state index in [1.165, 1.54) is 43.0 Å². The zero-order valence-electron chi connectivity index (χ0n) is 10.4. The molecule has 0 saturated heterocycles. The molecule has 1 heterocycles. The van der Waals surface area contributed by atoms with Crippen molar-refractivity contribution in [3.8, 4) is 5.75 Å². The van der Waals surface area contributed by atoms with Crippen molar-refractivity contribution in [1.29, 1.82) is 0 Å². The molecule has 1 aromatic carbocycles. The number of aromatic nitrogens is 1. The molecule has 19 heavy (non-hydrogen) atoms. The first-order valence-electron chi connectivity index (χ1n) is 5.57. The Kier molecular flexibility index (Phi) is 3.48. The number of carboxylic acids is 1. The molecule has 0 aliphatic carbocycles. The molecule has 0 saturated carbocycles. The lowest BCUT2D eigenvalue weighted by atomic mass is 10.1. The zero-order chi connectivity index (χ0) is 14.2.